The maximum absolute atomic E-state index is 10.6. The third-order valence-electron chi connectivity index (χ3n) is 3.15. The predicted octanol–water partition coefficient (Wildman–Crippen LogP) is 3.60. The molecule has 0 radical (unpaired) electrons. The van der Waals surface area contributed by atoms with Crippen LogP contribution in [0.3, 0.4) is 0 Å². The van der Waals surface area contributed by atoms with E-state index in [1.807, 2.05) is 19.1 Å². The smallest absolute Gasteiger partial charge is 0.146 e. The van der Waals surface area contributed by atoms with E-state index < -0.39 is 0 Å². The van der Waals surface area contributed by atoms with Crippen LogP contribution in [0.15, 0.2) is 47.6 Å². The molecule has 0 saturated carbocycles. The fourth-order valence-electron chi connectivity index (χ4n) is 1.67. The third kappa shape index (κ3) is 2.17. The summed E-state index contributed by atoms with van der Waals surface area (Å²) in [6.45, 7) is 14.3. The summed E-state index contributed by atoms with van der Waals surface area (Å²) in [5, 5.41) is 0. The van der Waals surface area contributed by atoms with Gasteiger partial charge in [0.2, 0.25) is 0 Å². The summed E-state index contributed by atoms with van der Waals surface area (Å²) >= 11 is 0. The first-order chi connectivity index (χ1) is 6.89. The zero-order valence-electron chi connectivity index (χ0n) is 9.76. The highest BCUT2D eigenvalue weighted by molar-refractivity contribution is 5.76. The maximum atomic E-state index is 10.6. The van der Waals surface area contributed by atoms with Gasteiger partial charge in [0.25, 0.3) is 0 Å². The lowest BCUT2D eigenvalue weighted by atomic mass is 9.73. The molecule has 0 aromatic rings. The van der Waals surface area contributed by atoms with Gasteiger partial charge in [-0.3, -0.25) is 4.79 Å². The lowest BCUT2D eigenvalue weighted by Crippen LogP contribution is -2.19. The van der Waals surface area contributed by atoms with Crippen LogP contribution in [0.5, 0.6) is 0 Å². The number of hydrogen-bond acceptors (Lipinski definition) is 1. The Hall–Kier alpha value is -1.37. The van der Waals surface area contributed by atoms with Crippen molar-refractivity contribution in [2.24, 2.45) is 5.41 Å². The molecule has 0 amide bonds. The minimum atomic E-state index is -0.0675. The van der Waals surface area contributed by atoms with Crippen LogP contribution in [0.4, 0.5) is 0 Å². The molecule has 80 valence electrons. The van der Waals surface area contributed by atoms with Gasteiger partial charge < -0.3 is 0 Å². The summed E-state index contributed by atoms with van der Waals surface area (Å²) in [5.74, 6) is 0. The minimum Gasteiger partial charge on any atom is -0.298 e. The monoisotopic (exact) mass is 202 g/mol. The molecule has 1 aliphatic rings. The topological polar surface area (TPSA) is 17.1 Å². The number of carbonyl (C=O) groups is 1. The number of carbonyl (C=O) groups excluding carboxylic acids is 1. The summed E-state index contributed by atoms with van der Waals surface area (Å²) in [5.41, 5.74) is 4.04. The first kappa shape index (κ1) is 11.7. The van der Waals surface area contributed by atoms with Crippen molar-refractivity contribution in [2.45, 2.75) is 27.2 Å². The quantitative estimate of drug-likeness (QED) is 0.505. The molecule has 15 heavy (non-hydrogen) atoms. The van der Waals surface area contributed by atoms with Crippen LogP contribution < -0.4 is 0 Å². The molecule has 0 aliphatic heterocycles. The van der Waals surface area contributed by atoms with Crippen LogP contribution in [0.2, 0.25) is 0 Å². The normalized spacial score (nSPS) is 16.9. The SMILES string of the molecule is C=C1CC(C=O)=CC=C1C(C)(C)C(=C)C. The summed E-state index contributed by atoms with van der Waals surface area (Å²) < 4.78 is 0. The van der Waals surface area contributed by atoms with Gasteiger partial charge in [0.15, 0.2) is 0 Å². The fourth-order valence-corrected chi connectivity index (χ4v) is 1.67. The second-order valence-electron chi connectivity index (χ2n) is 4.63. The van der Waals surface area contributed by atoms with Crippen molar-refractivity contribution >= 4 is 6.29 Å². The van der Waals surface area contributed by atoms with E-state index in [1.165, 1.54) is 5.57 Å². The van der Waals surface area contributed by atoms with Gasteiger partial charge in [0.1, 0.15) is 6.29 Å². The van der Waals surface area contributed by atoms with E-state index in [1.54, 1.807) is 0 Å². The van der Waals surface area contributed by atoms with E-state index in [-0.39, 0.29) is 5.41 Å². The second-order valence-corrected chi connectivity index (χ2v) is 4.63. The van der Waals surface area contributed by atoms with Gasteiger partial charge in [-0.15, -0.1) is 0 Å². The van der Waals surface area contributed by atoms with E-state index in [0.29, 0.717) is 6.42 Å². The Kier molecular flexibility index (Phi) is 3.13. The minimum absolute atomic E-state index is 0.0675. The molecule has 0 bridgehead atoms. The first-order valence-corrected chi connectivity index (χ1v) is 5.10. The molecule has 0 atom stereocenters. The number of aldehydes is 1. The standard InChI is InChI=1S/C14H18O/c1-10(2)14(4,5)13-7-6-12(9-15)8-11(13)3/h6-7,9H,1,3,8H2,2,4-5H3. The largest absolute Gasteiger partial charge is 0.298 e. The predicted molar refractivity (Wildman–Crippen MR) is 64.6 cm³/mol. The molecule has 1 heteroatoms. The van der Waals surface area contributed by atoms with Crippen LogP contribution in [0.25, 0.3) is 0 Å². The molecule has 0 N–H and O–H groups in total. The Morgan fingerprint density at radius 3 is 2.47 bits per heavy atom. The maximum Gasteiger partial charge on any atom is 0.146 e. The molecule has 0 heterocycles. The average molecular weight is 202 g/mol. The van der Waals surface area contributed by atoms with E-state index >= 15 is 0 Å². The van der Waals surface area contributed by atoms with Crippen molar-refractivity contribution in [3.05, 3.63) is 47.6 Å². The Morgan fingerprint density at radius 1 is 1.47 bits per heavy atom. The van der Waals surface area contributed by atoms with Crippen molar-refractivity contribution in [3.63, 3.8) is 0 Å². The molecule has 0 aromatic heterocycles. The number of allylic oxidation sites excluding steroid dienone is 6. The highest BCUT2D eigenvalue weighted by atomic mass is 16.1. The van der Waals surface area contributed by atoms with Gasteiger partial charge in [0, 0.05) is 11.8 Å². The van der Waals surface area contributed by atoms with Gasteiger partial charge in [0.05, 0.1) is 0 Å². The van der Waals surface area contributed by atoms with E-state index in [4.69, 9.17) is 0 Å². The second kappa shape index (κ2) is 4.01. The van der Waals surface area contributed by atoms with Crippen LogP contribution in [-0.2, 0) is 4.79 Å². The van der Waals surface area contributed by atoms with E-state index in [2.05, 4.69) is 27.0 Å². The molecule has 0 aromatic carbocycles. The zero-order valence-corrected chi connectivity index (χ0v) is 9.76. The van der Waals surface area contributed by atoms with Crippen LogP contribution in [-0.4, -0.2) is 6.29 Å². The van der Waals surface area contributed by atoms with Gasteiger partial charge in [-0.25, -0.2) is 0 Å². The Morgan fingerprint density at radius 2 is 2.07 bits per heavy atom. The number of hydrogen-bond donors (Lipinski definition) is 0. The summed E-state index contributed by atoms with van der Waals surface area (Å²) in [7, 11) is 0. The van der Waals surface area contributed by atoms with Crippen molar-refractivity contribution in [1.29, 1.82) is 0 Å². The molecule has 0 unspecified atom stereocenters. The third-order valence-corrected chi connectivity index (χ3v) is 3.15. The highest BCUT2D eigenvalue weighted by Gasteiger charge is 2.27. The molecular formula is C14H18O. The van der Waals surface area contributed by atoms with Gasteiger partial charge in [-0.1, -0.05) is 44.7 Å². The summed E-state index contributed by atoms with van der Waals surface area (Å²) in [6, 6.07) is 0. The summed E-state index contributed by atoms with van der Waals surface area (Å²) in [4.78, 5) is 10.6. The van der Waals surface area contributed by atoms with Gasteiger partial charge in [-0.05, 0) is 23.6 Å². The molecule has 1 nitrogen and oxygen atoms in total. The van der Waals surface area contributed by atoms with Crippen molar-refractivity contribution in [3.8, 4) is 0 Å². The van der Waals surface area contributed by atoms with Crippen molar-refractivity contribution in [1.82, 2.24) is 0 Å². The van der Waals surface area contributed by atoms with Gasteiger partial charge >= 0.3 is 0 Å². The molecule has 0 saturated heterocycles. The average Bonchev–Trinajstić information content (AvgIpc) is 2.16. The van der Waals surface area contributed by atoms with Crippen molar-refractivity contribution in [2.75, 3.05) is 0 Å². The molecule has 0 spiro atoms. The Balaban J connectivity index is 3.12. The van der Waals surface area contributed by atoms with Crippen LogP contribution in [0.1, 0.15) is 27.2 Å². The summed E-state index contributed by atoms with van der Waals surface area (Å²) in [6.07, 6.45) is 5.42. The van der Waals surface area contributed by atoms with Crippen LogP contribution in [0, 0.1) is 5.41 Å². The zero-order chi connectivity index (χ0) is 11.6. The fraction of sp³-hybridized carbons (Fsp3) is 0.357. The van der Waals surface area contributed by atoms with E-state index in [0.717, 1.165) is 23.0 Å². The van der Waals surface area contributed by atoms with Gasteiger partial charge in [-0.2, -0.15) is 0 Å². The lowest BCUT2D eigenvalue weighted by Gasteiger charge is -2.31. The Bertz CT molecular complexity index is 378. The van der Waals surface area contributed by atoms with Crippen LogP contribution >= 0.6 is 0 Å². The molecule has 1 aliphatic carbocycles. The van der Waals surface area contributed by atoms with Crippen molar-refractivity contribution < 1.29 is 4.79 Å². The highest BCUT2D eigenvalue weighted by Crippen LogP contribution is 2.40. The lowest BCUT2D eigenvalue weighted by molar-refractivity contribution is -0.105. The molecular weight excluding hydrogens is 184 g/mol. The first-order valence-electron chi connectivity index (χ1n) is 5.10. The molecule has 0 fully saturated rings. The van der Waals surface area contributed by atoms with E-state index in [9.17, 15) is 4.79 Å². The Labute approximate surface area is 91.9 Å². The number of rotatable bonds is 3. The molecule has 1 rings (SSSR count).